The standard InChI is InChI=1S/C15H17NO3/c1-2-3-9-14(18)16-13(11-19-15(16)10-17)12-7-5-4-6-8-12/h4-8,10-11,15H,2-3,9H2,1H3/t15-/m0/s1. The minimum absolute atomic E-state index is 0.0773. The maximum atomic E-state index is 12.2. The summed E-state index contributed by atoms with van der Waals surface area (Å²) in [5.41, 5.74) is 1.52. The van der Waals surface area contributed by atoms with Crippen molar-refractivity contribution in [3.63, 3.8) is 0 Å². The minimum atomic E-state index is -0.834. The Balaban J connectivity index is 2.22. The second-order valence-corrected chi connectivity index (χ2v) is 4.40. The molecule has 0 aliphatic carbocycles. The van der Waals surface area contributed by atoms with Crippen molar-refractivity contribution < 1.29 is 14.3 Å². The summed E-state index contributed by atoms with van der Waals surface area (Å²) in [5.74, 6) is -0.0773. The number of carbonyl (C=O) groups excluding carboxylic acids is 2. The third-order valence-corrected chi connectivity index (χ3v) is 3.03. The van der Waals surface area contributed by atoms with Gasteiger partial charge in [0.1, 0.15) is 6.26 Å². The molecule has 4 heteroatoms. The molecule has 4 nitrogen and oxygen atoms in total. The third-order valence-electron chi connectivity index (χ3n) is 3.03. The van der Waals surface area contributed by atoms with Gasteiger partial charge in [-0.1, -0.05) is 43.7 Å². The summed E-state index contributed by atoms with van der Waals surface area (Å²) in [6.07, 6.45) is 3.47. The summed E-state index contributed by atoms with van der Waals surface area (Å²) in [4.78, 5) is 24.7. The molecular weight excluding hydrogens is 242 g/mol. The normalized spacial score (nSPS) is 17.8. The van der Waals surface area contributed by atoms with Crippen LogP contribution in [-0.4, -0.2) is 23.3 Å². The van der Waals surface area contributed by atoms with Gasteiger partial charge < -0.3 is 4.74 Å². The zero-order valence-corrected chi connectivity index (χ0v) is 10.9. The van der Waals surface area contributed by atoms with Crippen LogP contribution in [0, 0.1) is 0 Å². The molecule has 0 aromatic heterocycles. The molecule has 100 valence electrons. The maximum absolute atomic E-state index is 12.2. The smallest absolute Gasteiger partial charge is 0.234 e. The fraction of sp³-hybridized carbons (Fsp3) is 0.333. The monoisotopic (exact) mass is 259 g/mol. The summed E-state index contributed by atoms with van der Waals surface area (Å²) in [7, 11) is 0. The average molecular weight is 259 g/mol. The largest absolute Gasteiger partial charge is 0.468 e. The van der Waals surface area contributed by atoms with Crippen molar-refractivity contribution in [3.05, 3.63) is 42.2 Å². The molecule has 1 aliphatic heterocycles. The molecule has 1 aromatic rings. The Bertz CT molecular complexity index is 481. The number of hydrogen-bond acceptors (Lipinski definition) is 3. The quantitative estimate of drug-likeness (QED) is 0.763. The summed E-state index contributed by atoms with van der Waals surface area (Å²) in [6.45, 7) is 2.03. The van der Waals surface area contributed by atoms with Gasteiger partial charge in [-0.15, -0.1) is 0 Å². The molecule has 1 aliphatic rings. The molecular formula is C15H17NO3. The van der Waals surface area contributed by atoms with E-state index >= 15 is 0 Å². The molecule has 1 aromatic carbocycles. The van der Waals surface area contributed by atoms with E-state index in [4.69, 9.17) is 4.74 Å². The van der Waals surface area contributed by atoms with Crippen molar-refractivity contribution in [2.45, 2.75) is 32.4 Å². The SMILES string of the molecule is CCCCC(=O)N1C(c2ccccc2)=CO[C@H]1C=O. The minimum Gasteiger partial charge on any atom is -0.468 e. The van der Waals surface area contributed by atoms with Gasteiger partial charge in [0.2, 0.25) is 12.1 Å². The molecule has 0 saturated heterocycles. The highest BCUT2D eigenvalue weighted by molar-refractivity contribution is 5.90. The van der Waals surface area contributed by atoms with Crippen LogP contribution in [0.5, 0.6) is 0 Å². The highest BCUT2D eigenvalue weighted by atomic mass is 16.5. The lowest BCUT2D eigenvalue weighted by Crippen LogP contribution is -2.37. The molecule has 0 saturated carbocycles. The number of benzene rings is 1. The van der Waals surface area contributed by atoms with Crippen LogP contribution in [0.15, 0.2) is 36.6 Å². The topological polar surface area (TPSA) is 46.6 Å². The van der Waals surface area contributed by atoms with E-state index in [0.717, 1.165) is 18.4 Å². The van der Waals surface area contributed by atoms with Crippen LogP contribution >= 0.6 is 0 Å². The molecule has 19 heavy (non-hydrogen) atoms. The van der Waals surface area contributed by atoms with Gasteiger partial charge >= 0.3 is 0 Å². The van der Waals surface area contributed by atoms with Gasteiger partial charge in [0.15, 0.2) is 6.29 Å². The molecule has 0 spiro atoms. The number of aldehydes is 1. The van der Waals surface area contributed by atoms with Crippen LogP contribution in [0.1, 0.15) is 31.7 Å². The van der Waals surface area contributed by atoms with Crippen molar-refractivity contribution in [3.8, 4) is 0 Å². The zero-order chi connectivity index (χ0) is 13.7. The lowest BCUT2D eigenvalue weighted by atomic mass is 10.1. The van der Waals surface area contributed by atoms with Crippen molar-refractivity contribution >= 4 is 17.9 Å². The van der Waals surface area contributed by atoms with E-state index in [0.29, 0.717) is 18.4 Å². The van der Waals surface area contributed by atoms with Crippen molar-refractivity contribution in [1.29, 1.82) is 0 Å². The first-order chi connectivity index (χ1) is 9.27. The Morgan fingerprint density at radius 1 is 1.37 bits per heavy atom. The first-order valence-corrected chi connectivity index (χ1v) is 6.46. The van der Waals surface area contributed by atoms with E-state index in [2.05, 4.69) is 0 Å². The number of amides is 1. The van der Waals surface area contributed by atoms with Gasteiger partial charge in [0.25, 0.3) is 0 Å². The number of unbranched alkanes of at least 4 members (excludes halogenated alkanes) is 1. The zero-order valence-electron chi connectivity index (χ0n) is 10.9. The van der Waals surface area contributed by atoms with E-state index in [9.17, 15) is 9.59 Å². The fourth-order valence-corrected chi connectivity index (χ4v) is 2.02. The van der Waals surface area contributed by atoms with Gasteiger partial charge in [-0.3, -0.25) is 14.5 Å². The van der Waals surface area contributed by atoms with Crippen LogP contribution in [0.4, 0.5) is 0 Å². The molecule has 1 heterocycles. The van der Waals surface area contributed by atoms with Crippen LogP contribution in [0.2, 0.25) is 0 Å². The Hall–Kier alpha value is -2.10. The molecule has 0 fully saturated rings. The lowest BCUT2D eigenvalue weighted by molar-refractivity contribution is -0.138. The molecule has 0 bridgehead atoms. The van der Waals surface area contributed by atoms with Crippen molar-refractivity contribution in [1.82, 2.24) is 4.90 Å². The van der Waals surface area contributed by atoms with Crippen LogP contribution in [0.3, 0.4) is 0 Å². The highest BCUT2D eigenvalue weighted by Crippen LogP contribution is 2.28. The summed E-state index contributed by atoms with van der Waals surface area (Å²) in [6, 6.07) is 9.46. The van der Waals surface area contributed by atoms with Crippen LogP contribution in [0.25, 0.3) is 5.70 Å². The predicted molar refractivity (Wildman–Crippen MR) is 71.7 cm³/mol. The predicted octanol–water partition coefficient (Wildman–Crippen LogP) is 2.56. The van der Waals surface area contributed by atoms with Crippen molar-refractivity contribution in [2.24, 2.45) is 0 Å². The van der Waals surface area contributed by atoms with E-state index in [1.165, 1.54) is 11.2 Å². The maximum Gasteiger partial charge on any atom is 0.234 e. The van der Waals surface area contributed by atoms with E-state index in [-0.39, 0.29) is 5.91 Å². The van der Waals surface area contributed by atoms with E-state index in [1.54, 1.807) is 0 Å². The number of rotatable bonds is 5. The Morgan fingerprint density at radius 2 is 2.11 bits per heavy atom. The number of carbonyl (C=O) groups is 2. The molecule has 1 atom stereocenters. The first kappa shape index (κ1) is 13.3. The van der Waals surface area contributed by atoms with Gasteiger partial charge in [-0.2, -0.15) is 0 Å². The Labute approximate surface area is 112 Å². The first-order valence-electron chi connectivity index (χ1n) is 6.46. The van der Waals surface area contributed by atoms with E-state index in [1.807, 2.05) is 37.3 Å². The van der Waals surface area contributed by atoms with Gasteiger partial charge in [0.05, 0.1) is 5.70 Å². The van der Waals surface area contributed by atoms with Gasteiger partial charge in [-0.05, 0) is 6.42 Å². The molecule has 0 unspecified atom stereocenters. The molecule has 0 N–H and O–H groups in total. The lowest BCUT2D eigenvalue weighted by Gasteiger charge is -2.22. The summed E-state index contributed by atoms with van der Waals surface area (Å²) in [5, 5.41) is 0. The van der Waals surface area contributed by atoms with Gasteiger partial charge in [0, 0.05) is 12.0 Å². The summed E-state index contributed by atoms with van der Waals surface area (Å²) >= 11 is 0. The molecule has 1 amide bonds. The number of nitrogens with zero attached hydrogens (tertiary/aromatic N) is 1. The van der Waals surface area contributed by atoms with Gasteiger partial charge in [-0.25, -0.2) is 0 Å². The third kappa shape index (κ3) is 2.84. The Kier molecular flexibility index (Phi) is 4.34. The fourth-order valence-electron chi connectivity index (χ4n) is 2.02. The van der Waals surface area contributed by atoms with Crippen molar-refractivity contribution in [2.75, 3.05) is 0 Å². The second-order valence-electron chi connectivity index (χ2n) is 4.40. The molecule has 2 rings (SSSR count). The number of ether oxygens (including phenoxy) is 1. The van der Waals surface area contributed by atoms with E-state index < -0.39 is 6.23 Å². The van der Waals surface area contributed by atoms with Crippen LogP contribution < -0.4 is 0 Å². The second kappa shape index (κ2) is 6.18. The highest BCUT2D eigenvalue weighted by Gasteiger charge is 2.32. The van der Waals surface area contributed by atoms with Crippen LogP contribution in [-0.2, 0) is 14.3 Å². The average Bonchev–Trinajstić information content (AvgIpc) is 2.89. The Morgan fingerprint density at radius 3 is 2.74 bits per heavy atom. The number of hydrogen-bond donors (Lipinski definition) is 0. The summed E-state index contributed by atoms with van der Waals surface area (Å²) < 4.78 is 5.26. The molecule has 0 radical (unpaired) electrons.